The maximum absolute atomic E-state index is 12.9. The molecule has 0 spiro atoms. The molecule has 4 nitrogen and oxygen atoms in total. The van der Waals surface area contributed by atoms with Gasteiger partial charge in [-0.05, 0) is 37.6 Å². The molecular weight excluding hydrogens is 360 g/mol. The van der Waals surface area contributed by atoms with Crippen molar-refractivity contribution in [2.45, 2.75) is 25.8 Å². The van der Waals surface area contributed by atoms with Crippen LogP contribution in [0.4, 0.5) is 5.69 Å². The highest BCUT2D eigenvalue weighted by molar-refractivity contribution is 6.02. The molecule has 148 valence electrons. The Bertz CT molecular complexity index is 922. The fourth-order valence-electron chi connectivity index (χ4n) is 3.09. The van der Waals surface area contributed by atoms with Crippen molar-refractivity contribution >= 4 is 17.4 Å². The molecule has 3 aromatic rings. The first kappa shape index (κ1) is 20.5. The van der Waals surface area contributed by atoms with Gasteiger partial charge in [0, 0.05) is 17.7 Å². The minimum absolute atomic E-state index is 0.0538. The second-order valence-corrected chi connectivity index (χ2v) is 7.09. The first-order valence-corrected chi connectivity index (χ1v) is 9.85. The van der Waals surface area contributed by atoms with E-state index < -0.39 is 6.04 Å². The van der Waals surface area contributed by atoms with Crippen molar-refractivity contribution < 1.29 is 9.59 Å². The molecule has 0 fully saturated rings. The second-order valence-electron chi connectivity index (χ2n) is 7.09. The molecule has 0 aliphatic heterocycles. The van der Waals surface area contributed by atoms with Gasteiger partial charge < -0.3 is 10.6 Å². The molecule has 0 saturated heterocycles. The summed E-state index contributed by atoms with van der Waals surface area (Å²) in [5.74, 6) is -0.256. The Morgan fingerprint density at radius 1 is 0.828 bits per heavy atom. The molecule has 0 aliphatic rings. The standard InChI is InChI=1S/C25H26N2O2/c1-19-12-14-22(15-13-19)27-25(29)23(18-24(28)21-10-6-3-7-11-21)26-17-16-20-8-4-2-5-9-20/h2-15,23,26H,16-18H2,1H3,(H,27,29)/t23-/m1/s1. The first-order valence-electron chi connectivity index (χ1n) is 9.85. The molecule has 0 aromatic heterocycles. The summed E-state index contributed by atoms with van der Waals surface area (Å²) in [5.41, 5.74) is 3.65. The molecule has 3 rings (SSSR count). The Kier molecular flexibility index (Phi) is 7.31. The molecule has 0 aliphatic carbocycles. The number of rotatable bonds is 9. The predicted octanol–water partition coefficient (Wildman–Crippen LogP) is 4.41. The molecule has 0 radical (unpaired) electrons. The maximum atomic E-state index is 12.9. The number of hydrogen-bond acceptors (Lipinski definition) is 3. The van der Waals surface area contributed by atoms with Crippen LogP contribution in [-0.2, 0) is 11.2 Å². The van der Waals surface area contributed by atoms with Crippen LogP contribution in [0.3, 0.4) is 0 Å². The van der Waals surface area contributed by atoms with Gasteiger partial charge >= 0.3 is 0 Å². The molecule has 0 saturated carbocycles. The van der Waals surface area contributed by atoms with E-state index in [1.807, 2.05) is 67.6 Å². The van der Waals surface area contributed by atoms with Crippen LogP contribution in [0.25, 0.3) is 0 Å². The van der Waals surface area contributed by atoms with E-state index in [1.54, 1.807) is 12.1 Å². The molecular formula is C25H26N2O2. The van der Waals surface area contributed by atoms with E-state index in [9.17, 15) is 9.59 Å². The highest BCUT2D eigenvalue weighted by Gasteiger charge is 2.22. The number of carbonyl (C=O) groups is 2. The van der Waals surface area contributed by atoms with Gasteiger partial charge in [0.2, 0.25) is 5.91 Å². The van der Waals surface area contributed by atoms with Gasteiger partial charge in [-0.25, -0.2) is 0 Å². The zero-order valence-electron chi connectivity index (χ0n) is 16.6. The van der Waals surface area contributed by atoms with Crippen LogP contribution in [0, 0.1) is 6.92 Å². The third kappa shape index (κ3) is 6.40. The van der Waals surface area contributed by atoms with Crippen molar-refractivity contribution in [1.29, 1.82) is 0 Å². The molecule has 1 amide bonds. The quantitative estimate of drug-likeness (QED) is 0.536. The Morgan fingerprint density at radius 3 is 2.10 bits per heavy atom. The fraction of sp³-hybridized carbons (Fsp3) is 0.200. The Hall–Kier alpha value is -3.24. The van der Waals surface area contributed by atoms with Crippen LogP contribution in [-0.4, -0.2) is 24.3 Å². The Labute approximate surface area is 172 Å². The molecule has 3 aromatic carbocycles. The number of carbonyl (C=O) groups excluding carboxylic acids is 2. The van der Waals surface area contributed by atoms with Crippen molar-refractivity contribution in [2.75, 3.05) is 11.9 Å². The summed E-state index contributed by atoms with van der Waals surface area (Å²) in [7, 11) is 0. The van der Waals surface area contributed by atoms with E-state index in [1.165, 1.54) is 5.56 Å². The monoisotopic (exact) mass is 386 g/mol. The lowest BCUT2D eigenvalue weighted by Crippen LogP contribution is -2.43. The molecule has 0 heterocycles. The zero-order valence-corrected chi connectivity index (χ0v) is 16.6. The number of nitrogens with one attached hydrogen (secondary N) is 2. The van der Waals surface area contributed by atoms with Gasteiger partial charge in [-0.1, -0.05) is 78.4 Å². The average Bonchev–Trinajstić information content (AvgIpc) is 2.76. The van der Waals surface area contributed by atoms with Gasteiger partial charge in [-0.2, -0.15) is 0 Å². The molecule has 29 heavy (non-hydrogen) atoms. The third-order valence-electron chi connectivity index (χ3n) is 4.77. The van der Waals surface area contributed by atoms with Gasteiger partial charge in [0.05, 0.1) is 6.04 Å². The number of amides is 1. The normalized spacial score (nSPS) is 11.6. The number of aryl methyl sites for hydroxylation is 1. The maximum Gasteiger partial charge on any atom is 0.241 e. The smallest absolute Gasteiger partial charge is 0.241 e. The average molecular weight is 386 g/mol. The van der Waals surface area contributed by atoms with Crippen molar-refractivity contribution in [3.63, 3.8) is 0 Å². The topological polar surface area (TPSA) is 58.2 Å². The minimum atomic E-state index is -0.604. The highest BCUT2D eigenvalue weighted by Crippen LogP contribution is 2.12. The summed E-state index contributed by atoms with van der Waals surface area (Å²) in [4.78, 5) is 25.6. The highest BCUT2D eigenvalue weighted by atomic mass is 16.2. The van der Waals surface area contributed by atoms with E-state index in [2.05, 4.69) is 22.8 Å². The van der Waals surface area contributed by atoms with Crippen molar-refractivity contribution in [3.8, 4) is 0 Å². The number of anilines is 1. The van der Waals surface area contributed by atoms with Crippen LogP contribution in [0.2, 0.25) is 0 Å². The summed E-state index contributed by atoms with van der Waals surface area (Å²) >= 11 is 0. The van der Waals surface area contributed by atoms with Gasteiger partial charge in [0.25, 0.3) is 0 Å². The number of hydrogen-bond donors (Lipinski definition) is 2. The Balaban J connectivity index is 1.66. The van der Waals surface area contributed by atoms with Gasteiger partial charge in [-0.15, -0.1) is 0 Å². The largest absolute Gasteiger partial charge is 0.325 e. The van der Waals surface area contributed by atoms with E-state index in [-0.39, 0.29) is 18.1 Å². The first-order chi connectivity index (χ1) is 14.1. The molecule has 0 bridgehead atoms. The van der Waals surface area contributed by atoms with Crippen molar-refractivity contribution in [2.24, 2.45) is 0 Å². The summed E-state index contributed by atoms with van der Waals surface area (Å²) < 4.78 is 0. The predicted molar refractivity (Wildman–Crippen MR) is 117 cm³/mol. The van der Waals surface area contributed by atoms with Crippen LogP contribution in [0.5, 0.6) is 0 Å². The zero-order chi connectivity index (χ0) is 20.5. The van der Waals surface area contributed by atoms with E-state index in [0.717, 1.165) is 17.7 Å². The third-order valence-corrected chi connectivity index (χ3v) is 4.77. The lowest BCUT2D eigenvalue weighted by molar-refractivity contribution is -0.118. The van der Waals surface area contributed by atoms with Gasteiger partial charge in [0.1, 0.15) is 0 Å². The summed E-state index contributed by atoms with van der Waals surface area (Å²) in [6.45, 7) is 2.61. The number of Topliss-reactive ketones (excluding diaryl/α,β-unsaturated/α-hetero) is 1. The van der Waals surface area contributed by atoms with E-state index >= 15 is 0 Å². The SMILES string of the molecule is Cc1ccc(NC(=O)[C@@H](CC(=O)c2ccccc2)NCCc2ccccc2)cc1. The molecule has 2 N–H and O–H groups in total. The second kappa shape index (κ2) is 10.3. The molecule has 0 unspecified atom stereocenters. The summed E-state index contributed by atoms with van der Waals surface area (Å²) in [6, 6.07) is 26.2. The summed E-state index contributed by atoms with van der Waals surface area (Å²) in [6.07, 6.45) is 0.894. The molecule has 4 heteroatoms. The number of benzene rings is 3. The van der Waals surface area contributed by atoms with Crippen molar-refractivity contribution in [3.05, 3.63) is 102 Å². The van der Waals surface area contributed by atoms with Crippen molar-refractivity contribution in [1.82, 2.24) is 5.32 Å². The molecule has 1 atom stereocenters. The Morgan fingerprint density at radius 2 is 1.45 bits per heavy atom. The van der Waals surface area contributed by atoms with E-state index in [4.69, 9.17) is 0 Å². The van der Waals surface area contributed by atoms with Crippen LogP contribution in [0.15, 0.2) is 84.9 Å². The van der Waals surface area contributed by atoms with E-state index in [0.29, 0.717) is 12.1 Å². The number of ketones is 1. The summed E-state index contributed by atoms with van der Waals surface area (Å²) in [5, 5.41) is 6.19. The lowest BCUT2D eigenvalue weighted by Gasteiger charge is -2.18. The fourth-order valence-corrected chi connectivity index (χ4v) is 3.09. The van der Waals surface area contributed by atoms with Gasteiger partial charge in [-0.3, -0.25) is 9.59 Å². The van der Waals surface area contributed by atoms with Gasteiger partial charge in [0.15, 0.2) is 5.78 Å². The minimum Gasteiger partial charge on any atom is -0.325 e. The van der Waals surface area contributed by atoms with Crippen LogP contribution in [0.1, 0.15) is 27.9 Å². The van der Waals surface area contributed by atoms with Crippen LogP contribution < -0.4 is 10.6 Å². The lowest BCUT2D eigenvalue weighted by atomic mass is 10.0. The van der Waals surface area contributed by atoms with Crippen LogP contribution >= 0.6 is 0 Å².